The Bertz CT molecular complexity index is 544. The lowest BCUT2D eigenvalue weighted by Gasteiger charge is -2.22. The standard InChI is InChI=1S/C13H15N3O2/c1-15-11(6-7-14-15)13(17)16-8-2-4-10(16)12-5-3-9-18-12/h3,5-7,9-10H,2,4,8H2,1H3/t10-/m0/s1. The van der Waals surface area contributed by atoms with Gasteiger partial charge >= 0.3 is 0 Å². The van der Waals surface area contributed by atoms with Crippen molar-refractivity contribution in [2.24, 2.45) is 7.05 Å². The van der Waals surface area contributed by atoms with Gasteiger partial charge in [0.1, 0.15) is 11.5 Å². The Morgan fingerprint density at radius 1 is 1.50 bits per heavy atom. The molecule has 0 aliphatic carbocycles. The minimum atomic E-state index is 0.0221. The second-order valence-electron chi connectivity index (χ2n) is 4.51. The summed E-state index contributed by atoms with van der Waals surface area (Å²) in [5.41, 5.74) is 0.619. The zero-order chi connectivity index (χ0) is 12.5. The van der Waals surface area contributed by atoms with Crippen molar-refractivity contribution < 1.29 is 9.21 Å². The van der Waals surface area contributed by atoms with Crippen LogP contribution in [0.5, 0.6) is 0 Å². The predicted octanol–water partition coefficient (Wildman–Crippen LogP) is 1.99. The summed E-state index contributed by atoms with van der Waals surface area (Å²) in [5.74, 6) is 0.886. The van der Waals surface area contributed by atoms with Gasteiger partial charge in [0.2, 0.25) is 0 Å². The van der Waals surface area contributed by atoms with Gasteiger partial charge in [0.25, 0.3) is 5.91 Å². The average molecular weight is 245 g/mol. The molecule has 3 rings (SSSR count). The fourth-order valence-corrected chi connectivity index (χ4v) is 2.52. The summed E-state index contributed by atoms with van der Waals surface area (Å²) in [6, 6.07) is 5.60. The van der Waals surface area contributed by atoms with E-state index < -0.39 is 0 Å². The van der Waals surface area contributed by atoms with Crippen LogP contribution in [0.15, 0.2) is 35.1 Å². The van der Waals surface area contributed by atoms with E-state index in [9.17, 15) is 4.79 Å². The molecule has 1 fully saturated rings. The van der Waals surface area contributed by atoms with E-state index >= 15 is 0 Å². The van der Waals surface area contributed by atoms with E-state index in [1.807, 2.05) is 17.0 Å². The molecule has 3 heterocycles. The number of amides is 1. The molecule has 0 aromatic carbocycles. The highest BCUT2D eigenvalue weighted by Crippen LogP contribution is 2.33. The highest BCUT2D eigenvalue weighted by molar-refractivity contribution is 5.92. The monoisotopic (exact) mass is 245 g/mol. The van der Waals surface area contributed by atoms with Gasteiger partial charge in [-0.2, -0.15) is 5.10 Å². The van der Waals surface area contributed by atoms with Crippen molar-refractivity contribution in [3.05, 3.63) is 42.1 Å². The second kappa shape index (κ2) is 4.33. The molecule has 5 nitrogen and oxygen atoms in total. The number of nitrogens with zero attached hydrogens (tertiary/aromatic N) is 3. The first-order chi connectivity index (χ1) is 8.77. The van der Waals surface area contributed by atoms with Gasteiger partial charge in [0.15, 0.2) is 0 Å². The van der Waals surface area contributed by atoms with Crippen LogP contribution in [0.4, 0.5) is 0 Å². The molecule has 0 radical (unpaired) electrons. The molecule has 1 aliphatic heterocycles. The van der Waals surface area contributed by atoms with Crippen LogP contribution >= 0.6 is 0 Å². The van der Waals surface area contributed by atoms with Gasteiger partial charge in [-0.1, -0.05) is 0 Å². The van der Waals surface area contributed by atoms with Crippen LogP contribution in [0, 0.1) is 0 Å². The normalized spacial score (nSPS) is 19.4. The highest BCUT2D eigenvalue weighted by Gasteiger charge is 2.33. The number of aromatic nitrogens is 2. The van der Waals surface area contributed by atoms with Crippen molar-refractivity contribution in [3.63, 3.8) is 0 Å². The molecule has 1 atom stereocenters. The highest BCUT2D eigenvalue weighted by atomic mass is 16.3. The smallest absolute Gasteiger partial charge is 0.272 e. The summed E-state index contributed by atoms with van der Waals surface area (Å²) in [5, 5.41) is 4.04. The third-order valence-electron chi connectivity index (χ3n) is 3.43. The van der Waals surface area contributed by atoms with Crippen molar-refractivity contribution in [2.75, 3.05) is 6.54 Å². The van der Waals surface area contributed by atoms with Gasteiger partial charge in [-0.25, -0.2) is 0 Å². The van der Waals surface area contributed by atoms with Crippen molar-refractivity contribution in [2.45, 2.75) is 18.9 Å². The first kappa shape index (κ1) is 11.1. The van der Waals surface area contributed by atoms with E-state index in [2.05, 4.69) is 5.10 Å². The maximum absolute atomic E-state index is 12.5. The molecule has 0 N–H and O–H groups in total. The lowest BCUT2D eigenvalue weighted by Crippen LogP contribution is -2.31. The molecule has 0 saturated carbocycles. The fourth-order valence-electron chi connectivity index (χ4n) is 2.52. The maximum Gasteiger partial charge on any atom is 0.272 e. The minimum Gasteiger partial charge on any atom is -0.467 e. The summed E-state index contributed by atoms with van der Waals surface area (Å²) in [6.07, 6.45) is 5.26. The van der Waals surface area contributed by atoms with Crippen LogP contribution in [-0.2, 0) is 7.05 Å². The molecule has 2 aromatic heterocycles. The molecule has 0 bridgehead atoms. The van der Waals surface area contributed by atoms with E-state index in [0.717, 1.165) is 25.1 Å². The molecular formula is C13H15N3O2. The topological polar surface area (TPSA) is 51.3 Å². The zero-order valence-corrected chi connectivity index (χ0v) is 10.2. The first-order valence-corrected chi connectivity index (χ1v) is 6.10. The van der Waals surface area contributed by atoms with Crippen molar-refractivity contribution in [3.8, 4) is 0 Å². The summed E-state index contributed by atoms with van der Waals surface area (Å²) >= 11 is 0. The van der Waals surface area contributed by atoms with Crippen LogP contribution in [-0.4, -0.2) is 27.1 Å². The Kier molecular flexibility index (Phi) is 2.66. The Labute approximate surface area is 105 Å². The summed E-state index contributed by atoms with van der Waals surface area (Å²) in [6.45, 7) is 0.773. The SMILES string of the molecule is Cn1nccc1C(=O)N1CCC[C@H]1c1ccco1. The molecule has 94 valence electrons. The molecule has 0 unspecified atom stereocenters. The second-order valence-corrected chi connectivity index (χ2v) is 4.51. The number of carbonyl (C=O) groups excluding carboxylic acids is 1. The molecular weight excluding hydrogens is 230 g/mol. The lowest BCUT2D eigenvalue weighted by atomic mass is 10.1. The number of hydrogen-bond donors (Lipinski definition) is 0. The van der Waals surface area contributed by atoms with Gasteiger partial charge < -0.3 is 9.32 Å². The average Bonchev–Trinajstić information content (AvgIpc) is 3.09. The van der Waals surface area contributed by atoms with Crippen LogP contribution in [0.1, 0.15) is 35.1 Å². The molecule has 1 aliphatic rings. The van der Waals surface area contributed by atoms with E-state index in [0.29, 0.717) is 5.69 Å². The fraction of sp³-hybridized carbons (Fsp3) is 0.385. The Morgan fingerprint density at radius 2 is 2.39 bits per heavy atom. The number of likely N-dealkylation sites (tertiary alicyclic amines) is 1. The third kappa shape index (κ3) is 1.72. The van der Waals surface area contributed by atoms with Gasteiger partial charge in [-0.3, -0.25) is 9.48 Å². The zero-order valence-electron chi connectivity index (χ0n) is 10.2. The number of aryl methyl sites for hydroxylation is 1. The van der Waals surface area contributed by atoms with Crippen LogP contribution in [0.3, 0.4) is 0 Å². The summed E-state index contributed by atoms with van der Waals surface area (Å²) in [4.78, 5) is 14.3. The molecule has 5 heteroatoms. The number of carbonyl (C=O) groups is 1. The van der Waals surface area contributed by atoms with E-state index in [-0.39, 0.29) is 11.9 Å². The molecule has 1 saturated heterocycles. The largest absolute Gasteiger partial charge is 0.467 e. The van der Waals surface area contributed by atoms with E-state index in [1.165, 1.54) is 0 Å². The van der Waals surface area contributed by atoms with Crippen LogP contribution < -0.4 is 0 Å². The summed E-state index contributed by atoms with van der Waals surface area (Å²) < 4.78 is 7.04. The quantitative estimate of drug-likeness (QED) is 0.813. The maximum atomic E-state index is 12.5. The molecule has 18 heavy (non-hydrogen) atoms. The van der Waals surface area contributed by atoms with E-state index in [4.69, 9.17) is 4.42 Å². The number of hydrogen-bond acceptors (Lipinski definition) is 3. The minimum absolute atomic E-state index is 0.0221. The Balaban J connectivity index is 1.88. The number of furan rings is 1. The third-order valence-corrected chi connectivity index (χ3v) is 3.43. The van der Waals surface area contributed by atoms with Crippen LogP contribution in [0.2, 0.25) is 0 Å². The van der Waals surface area contributed by atoms with Gasteiger partial charge in [-0.15, -0.1) is 0 Å². The lowest BCUT2D eigenvalue weighted by molar-refractivity contribution is 0.0708. The summed E-state index contributed by atoms with van der Waals surface area (Å²) in [7, 11) is 1.78. The van der Waals surface area contributed by atoms with Crippen LogP contribution in [0.25, 0.3) is 0 Å². The van der Waals surface area contributed by atoms with Crippen molar-refractivity contribution in [1.82, 2.24) is 14.7 Å². The van der Waals surface area contributed by atoms with Gasteiger partial charge in [0, 0.05) is 19.8 Å². The predicted molar refractivity (Wildman–Crippen MR) is 64.9 cm³/mol. The van der Waals surface area contributed by atoms with Crippen molar-refractivity contribution >= 4 is 5.91 Å². The van der Waals surface area contributed by atoms with E-state index in [1.54, 1.807) is 30.3 Å². The Morgan fingerprint density at radius 3 is 3.06 bits per heavy atom. The first-order valence-electron chi connectivity index (χ1n) is 6.10. The molecule has 0 spiro atoms. The van der Waals surface area contributed by atoms with Crippen molar-refractivity contribution in [1.29, 1.82) is 0 Å². The molecule has 2 aromatic rings. The number of rotatable bonds is 2. The van der Waals surface area contributed by atoms with Gasteiger partial charge in [0.05, 0.1) is 12.3 Å². The van der Waals surface area contributed by atoms with Gasteiger partial charge in [-0.05, 0) is 31.0 Å². The Hall–Kier alpha value is -2.04. The molecule has 1 amide bonds.